The molecular weight excluding hydrogens is 332 g/mol. The summed E-state index contributed by atoms with van der Waals surface area (Å²) in [5.74, 6) is -0.894. The number of nitrogens with zero attached hydrogens (tertiary/aromatic N) is 1. The van der Waals surface area contributed by atoms with Crippen molar-refractivity contribution in [2.45, 2.75) is 57.2 Å². The van der Waals surface area contributed by atoms with Gasteiger partial charge in [0, 0.05) is 12.1 Å². The smallest absolute Gasteiger partial charge is 0.330 e. The molecule has 0 unspecified atom stereocenters. The molecule has 2 fully saturated rings. The molecular formula is C16H22N2O7. The summed E-state index contributed by atoms with van der Waals surface area (Å²) < 4.78 is 18.7. The van der Waals surface area contributed by atoms with Crippen LogP contribution in [0.1, 0.15) is 31.3 Å². The van der Waals surface area contributed by atoms with E-state index in [1.165, 1.54) is 10.6 Å². The number of aromatic amines is 1. The van der Waals surface area contributed by atoms with Crippen molar-refractivity contribution in [3.63, 3.8) is 0 Å². The first-order valence-corrected chi connectivity index (χ1v) is 8.03. The molecule has 3 N–H and O–H groups in total. The molecule has 9 heteroatoms. The Morgan fingerprint density at radius 3 is 2.56 bits per heavy atom. The highest BCUT2D eigenvalue weighted by atomic mass is 16.8. The lowest BCUT2D eigenvalue weighted by Crippen LogP contribution is -2.41. The van der Waals surface area contributed by atoms with Gasteiger partial charge in [0.1, 0.15) is 18.3 Å². The second kappa shape index (κ2) is 6.50. The molecule has 1 aromatic rings. The number of fused-ring (bicyclic) bond motifs is 1. The number of rotatable bonds is 5. The predicted molar refractivity (Wildman–Crippen MR) is 86.0 cm³/mol. The van der Waals surface area contributed by atoms with Crippen molar-refractivity contribution in [2.24, 2.45) is 0 Å². The van der Waals surface area contributed by atoms with Crippen LogP contribution in [0, 0.1) is 0 Å². The fraction of sp³-hybridized carbons (Fsp3) is 0.625. The predicted octanol–water partition coefficient (Wildman–Crippen LogP) is -0.833. The number of hydrogen-bond donors (Lipinski definition) is 3. The Kier molecular flexibility index (Phi) is 4.69. The minimum absolute atomic E-state index is 0.0604. The molecule has 0 aliphatic carbocycles. The van der Waals surface area contributed by atoms with Crippen molar-refractivity contribution >= 4 is 0 Å². The third kappa shape index (κ3) is 2.98. The number of aliphatic hydroxyl groups is 2. The lowest BCUT2D eigenvalue weighted by Gasteiger charge is -2.26. The van der Waals surface area contributed by atoms with Crippen LogP contribution in [-0.4, -0.2) is 50.5 Å². The zero-order valence-corrected chi connectivity index (χ0v) is 14.1. The molecule has 9 nitrogen and oxygen atoms in total. The van der Waals surface area contributed by atoms with Crippen LogP contribution in [0.5, 0.6) is 0 Å². The first-order valence-electron chi connectivity index (χ1n) is 8.03. The molecule has 0 spiro atoms. The van der Waals surface area contributed by atoms with E-state index >= 15 is 0 Å². The summed E-state index contributed by atoms with van der Waals surface area (Å²) in [6.07, 6.45) is -1.09. The summed E-state index contributed by atoms with van der Waals surface area (Å²) in [5.41, 5.74) is -0.986. The lowest BCUT2D eigenvalue weighted by molar-refractivity contribution is -0.200. The summed E-state index contributed by atoms with van der Waals surface area (Å²) in [5, 5.41) is 19.1. The number of H-pyrrole nitrogens is 1. The van der Waals surface area contributed by atoms with E-state index in [0.717, 1.165) is 0 Å². The van der Waals surface area contributed by atoms with Crippen molar-refractivity contribution in [3.05, 3.63) is 44.8 Å². The summed E-state index contributed by atoms with van der Waals surface area (Å²) in [6.45, 7) is 6.26. The quantitative estimate of drug-likeness (QED) is 0.590. The zero-order valence-electron chi connectivity index (χ0n) is 14.1. The highest BCUT2D eigenvalue weighted by Gasteiger charge is 2.56. The van der Waals surface area contributed by atoms with Crippen molar-refractivity contribution in [1.82, 2.24) is 9.55 Å². The third-order valence-electron chi connectivity index (χ3n) is 4.41. The first kappa shape index (κ1) is 18.0. The average Bonchev–Trinajstić information content (AvgIpc) is 3.01. The second-order valence-corrected chi connectivity index (χ2v) is 6.52. The van der Waals surface area contributed by atoms with E-state index in [4.69, 9.17) is 14.2 Å². The minimum Gasteiger partial charge on any atom is -0.394 e. The molecule has 0 amide bonds. The molecule has 2 aliphatic heterocycles. The number of aromatic nitrogens is 2. The van der Waals surface area contributed by atoms with Crippen molar-refractivity contribution < 1.29 is 24.4 Å². The van der Waals surface area contributed by atoms with Crippen LogP contribution in [0.25, 0.3) is 0 Å². The Morgan fingerprint density at radius 1 is 1.28 bits per heavy atom. The Labute approximate surface area is 143 Å². The van der Waals surface area contributed by atoms with Crippen LogP contribution >= 0.6 is 0 Å². The van der Waals surface area contributed by atoms with E-state index in [2.05, 4.69) is 11.6 Å². The van der Waals surface area contributed by atoms with E-state index in [0.29, 0.717) is 5.69 Å². The van der Waals surface area contributed by atoms with Gasteiger partial charge in [-0.2, -0.15) is 0 Å². The molecule has 0 radical (unpaired) electrons. The third-order valence-corrected chi connectivity index (χ3v) is 4.41. The van der Waals surface area contributed by atoms with E-state index in [1.807, 2.05) is 0 Å². The van der Waals surface area contributed by atoms with Gasteiger partial charge in [0.15, 0.2) is 12.0 Å². The number of hydrogen-bond acceptors (Lipinski definition) is 7. The monoisotopic (exact) mass is 354 g/mol. The maximum absolute atomic E-state index is 12.5. The van der Waals surface area contributed by atoms with Gasteiger partial charge in [-0.05, 0) is 13.8 Å². The molecule has 138 valence electrons. The van der Waals surface area contributed by atoms with Gasteiger partial charge >= 0.3 is 5.69 Å². The standard InChI is InChI=1S/C16H22N2O7/c1-4-5-9-8(6-19)13(21)17-15(22)18(9)14-12-11(10(7-20)23-14)24-16(2,3)25-12/h4,10-12,14,19-20H,1,5-7H2,2-3H3,(H,17,21,22)/t10-,11-,12-,14-/m1/s1. The van der Waals surface area contributed by atoms with Crippen molar-refractivity contribution in [2.75, 3.05) is 6.61 Å². The fourth-order valence-electron chi connectivity index (χ4n) is 3.44. The molecule has 3 heterocycles. The Bertz CT molecular complexity index is 782. The molecule has 1 aromatic heterocycles. The van der Waals surface area contributed by atoms with E-state index < -0.39 is 48.2 Å². The molecule has 0 aromatic carbocycles. The van der Waals surface area contributed by atoms with Crippen LogP contribution in [0.15, 0.2) is 22.2 Å². The normalized spacial score (nSPS) is 30.4. The van der Waals surface area contributed by atoms with E-state index in [9.17, 15) is 19.8 Å². The van der Waals surface area contributed by atoms with Crippen LogP contribution < -0.4 is 11.2 Å². The lowest BCUT2D eigenvalue weighted by atomic mass is 10.1. The average molecular weight is 354 g/mol. The topological polar surface area (TPSA) is 123 Å². The molecule has 4 atom stereocenters. The minimum atomic E-state index is -0.909. The van der Waals surface area contributed by atoms with Gasteiger partial charge in [-0.25, -0.2) is 4.79 Å². The maximum atomic E-state index is 12.5. The van der Waals surface area contributed by atoms with Crippen LogP contribution in [-0.2, 0) is 27.2 Å². The van der Waals surface area contributed by atoms with Gasteiger partial charge in [-0.15, -0.1) is 6.58 Å². The molecule has 0 saturated carbocycles. The summed E-state index contributed by atoms with van der Waals surface area (Å²) in [6, 6.07) is 0. The van der Waals surface area contributed by atoms with Gasteiger partial charge in [-0.3, -0.25) is 14.3 Å². The molecule has 2 saturated heterocycles. The number of ether oxygens (including phenoxy) is 3. The maximum Gasteiger partial charge on any atom is 0.330 e. The van der Waals surface area contributed by atoms with Crippen LogP contribution in [0.4, 0.5) is 0 Å². The van der Waals surface area contributed by atoms with Crippen molar-refractivity contribution in [3.8, 4) is 0 Å². The zero-order chi connectivity index (χ0) is 18.4. The Hall–Kier alpha value is -1.78. The molecule has 2 aliphatic rings. The molecule has 25 heavy (non-hydrogen) atoms. The number of aliphatic hydroxyl groups excluding tert-OH is 2. The first-order chi connectivity index (χ1) is 11.8. The number of allylic oxidation sites excluding steroid dienone is 1. The Balaban J connectivity index is 2.14. The molecule has 0 bridgehead atoms. The Morgan fingerprint density at radius 2 is 1.96 bits per heavy atom. The SMILES string of the molecule is C=CCc1c(CO)c(=O)[nH]c(=O)n1[C@@H]1O[C@H](CO)[C@H]2OC(C)(C)O[C@H]21. The highest BCUT2D eigenvalue weighted by Crippen LogP contribution is 2.42. The summed E-state index contributed by atoms with van der Waals surface area (Å²) >= 11 is 0. The fourth-order valence-corrected chi connectivity index (χ4v) is 3.44. The summed E-state index contributed by atoms with van der Waals surface area (Å²) in [7, 11) is 0. The molecule has 3 rings (SSSR count). The van der Waals surface area contributed by atoms with E-state index in [1.54, 1.807) is 13.8 Å². The highest BCUT2D eigenvalue weighted by molar-refractivity contribution is 5.20. The van der Waals surface area contributed by atoms with Gasteiger partial charge in [0.05, 0.1) is 18.8 Å². The van der Waals surface area contributed by atoms with Crippen LogP contribution in [0.2, 0.25) is 0 Å². The van der Waals surface area contributed by atoms with Gasteiger partial charge < -0.3 is 24.4 Å². The number of nitrogens with one attached hydrogen (secondary N) is 1. The van der Waals surface area contributed by atoms with Gasteiger partial charge in [0.25, 0.3) is 5.56 Å². The van der Waals surface area contributed by atoms with Gasteiger partial charge in [0.2, 0.25) is 0 Å². The van der Waals surface area contributed by atoms with E-state index in [-0.39, 0.29) is 18.6 Å². The summed E-state index contributed by atoms with van der Waals surface area (Å²) in [4.78, 5) is 26.7. The second-order valence-electron chi connectivity index (χ2n) is 6.52. The van der Waals surface area contributed by atoms with Gasteiger partial charge in [-0.1, -0.05) is 6.08 Å². The van der Waals surface area contributed by atoms with Crippen LogP contribution in [0.3, 0.4) is 0 Å². The van der Waals surface area contributed by atoms with Crippen molar-refractivity contribution in [1.29, 1.82) is 0 Å². The largest absolute Gasteiger partial charge is 0.394 e.